The molecule has 5 rings (SSSR count). The maximum atomic E-state index is 14.0. The van der Waals surface area contributed by atoms with E-state index in [1.54, 1.807) is 12.1 Å². The normalized spacial score (nSPS) is 20.8. The fourth-order valence-corrected chi connectivity index (χ4v) is 5.14. The van der Waals surface area contributed by atoms with Crippen LogP contribution in [0.15, 0.2) is 36.4 Å². The maximum absolute atomic E-state index is 14.0. The van der Waals surface area contributed by atoms with E-state index in [9.17, 15) is 4.39 Å². The minimum absolute atomic E-state index is 0.160. The zero-order valence-electron chi connectivity index (χ0n) is 16.8. The molecule has 0 N–H and O–H groups in total. The van der Waals surface area contributed by atoms with Gasteiger partial charge in [-0.1, -0.05) is 29.8 Å². The highest BCUT2D eigenvalue weighted by Gasteiger charge is 2.26. The summed E-state index contributed by atoms with van der Waals surface area (Å²) >= 11 is 0. The number of benzene rings is 2. The molecule has 0 spiro atoms. The molecule has 2 aromatic carbocycles. The Morgan fingerprint density at radius 1 is 1.11 bits per heavy atom. The number of aromatic nitrogens is 2. The molecule has 1 aromatic heterocycles. The van der Waals surface area contributed by atoms with Crippen molar-refractivity contribution in [3.63, 3.8) is 0 Å². The Kier molecular flexibility index (Phi) is 4.47. The number of nitrogens with zero attached hydrogens (tertiary/aromatic N) is 3. The van der Waals surface area contributed by atoms with Gasteiger partial charge in [0.1, 0.15) is 11.6 Å². The van der Waals surface area contributed by atoms with Crippen LogP contribution in [0.1, 0.15) is 60.7 Å². The van der Waals surface area contributed by atoms with Gasteiger partial charge in [-0.05, 0) is 75.7 Å². The molecule has 2 aliphatic rings. The lowest BCUT2D eigenvalue weighted by atomic mass is 9.89. The van der Waals surface area contributed by atoms with Crippen LogP contribution in [0, 0.1) is 12.7 Å². The Morgan fingerprint density at radius 2 is 1.93 bits per heavy atom. The zero-order chi connectivity index (χ0) is 19.3. The van der Waals surface area contributed by atoms with E-state index in [-0.39, 0.29) is 5.82 Å². The molecule has 0 saturated carbocycles. The van der Waals surface area contributed by atoms with Gasteiger partial charge in [0, 0.05) is 12.1 Å². The number of piperidine rings is 1. The largest absolute Gasteiger partial charge is 0.324 e. The smallest absolute Gasteiger partial charge is 0.125 e. The first-order chi connectivity index (χ1) is 13.6. The highest BCUT2D eigenvalue weighted by atomic mass is 19.1. The number of aryl methyl sites for hydroxylation is 2. The molecule has 4 heteroatoms. The summed E-state index contributed by atoms with van der Waals surface area (Å²) in [7, 11) is 0. The fraction of sp³-hybridized carbons (Fsp3) is 0.458. The van der Waals surface area contributed by atoms with Gasteiger partial charge in [0.25, 0.3) is 0 Å². The summed E-state index contributed by atoms with van der Waals surface area (Å²) in [5, 5.41) is 0. The lowest BCUT2D eigenvalue weighted by Gasteiger charge is -2.33. The first kappa shape index (κ1) is 17.9. The monoisotopic (exact) mass is 377 g/mol. The summed E-state index contributed by atoms with van der Waals surface area (Å²) in [5.41, 5.74) is 5.93. The van der Waals surface area contributed by atoms with Crippen LogP contribution in [0.5, 0.6) is 0 Å². The molecule has 2 aliphatic heterocycles. The zero-order valence-corrected chi connectivity index (χ0v) is 16.8. The average Bonchev–Trinajstić information content (AvgIpc) is 3.04. The molecule has 146 valence electrons. The standard InChI is InChI=1S/C24H28FN3/c1-16-4-3-5-19(12-16)18-8-10-27(11-9-18)15-23-26-22-14-21(25)13-20-7-6-17(2)28(23)24(20)22/h3-5,12-14,17-18H,6-11,15H2,1-2H3. The van der Waals surface area contributed by atoms with Crippen LogP contribution in [0.2, 0.25) is 0 Å². The summed E-state index contributed by atoms with van der Waals surface area (Å²) in [6, 6.07) is 12.7. The third kappa shape index (κ3) is 3.14. The van der Waals surface area contributed by atoms with Crippen LogP contribution in [0.4, 0.5) is 4.39 Å². The molecule has 28 heavy (non-hydrogen) atoms. The maximum Gasteiger partial charge on any atom is 0.125 e. The van der Waals surface area contributed by atoms with Crippen molar-refractivity contribution in [3.05, 3.63) is 64.7 Å². The van der Waals surface area contributed by atoms with Gasteiger partial charge < -0.3 is 4.57 Å². The Morgan fingerprint density at radius 3 is 2.71 bits per heavy atom. The number of imidazole rings is 1. The molecule has 0 aliphatic carbocycles. The Labute approximate surface area is 166 Å². The highest BCUT2D eigenvalue weighted by molar-refractivity contribution is 5.80. The van der Waals surface area contributed by atoms with Crippen molar-refractivity contribution in [2.75, 3.05) is 13.1 Å². The number of rotatable bonds is 3. The SMILES string of the molecule is Cc1cccc(C2CCN(Cc3nc4cc(F)cc5c4n3C(C)CC5)CC2)c1. The molecule has 1 unspecified atom stereocenters. The number of likely N-dealkylation sites (tertiary alicyclic amines) is 1. The predicted molar refractivity (Wildman–Crippen MR) is 111 cm³/mol. The van der Waals surface area contributed by atoms with E-state index < -0.39 is 0 Å². The van der Waals surface area contributed by atoms with Crippen LogP contribution < -0.4 is 0 Å². The van der Waals surface area contributed by atoms with Crippen LogP contribution >= 0.6 is 0 Å². The molecular formula is C24H28FN3. The number of hydrogen-bond donors (Lipinski definition) is 0. The van der Waals surface area contributed by atoms with Gasteiger partial charge >= 0.3 is 0 Å². The van der Waals surface area contributed by atoms with Crippen molar-refractivity contribution in [1.82, 2.24) is 14.5 Å². The first-order valence-electron chi connectivity index (χ1n) is 10.6. The van der Waals surface area contributed by atoms with Crippen molar-refractivity contribution in [3.8, 4) is 0 Å². The minimum Gasteiger partial charge on any atom is -0.324 e. The molecule has 0 radical (unpaired) electrons. The van der Waals surface area contributed by atoms with Crippen molar-refractivity contribution < 1.29 is 4.39 Å². The van der Waals surface area contributed by atoms with Crippen molar-refractivity contribution in [2.24, 2.45) is 0 Å². The van der Waals surface area contributed by atoms with E-state index in [0.717, 1.165) is 54.9 Å². The molecule has 1 atom stereocenters. The number of halogens is 1. The first-order valence-corrected chi connectivity index (χ1v) is 10.6. The average molecular weight is 378 g/mol. The topological polar surface area (TPSA) is 21.1 Å². The molecular weight excluding hydrogens is 349 g/mol. The van der Waals surface area contributed by atoms with Gasteiger partial charge in [0.15, 0.2) is 0 Å². The van der Waals surface area contributed by atoms with Gasteiger partial charge in [-0.15, -0.1) is 0 Å². The van der Waals surface area contributed by atoms with Crippen LogP contribution in [0.25, 0.3) is 11.0 Å². The summed E-state index contributed by atoms with van der Waals surface area (Å²) in [5.74, 6) is 1.60. The van der Waals surface area contributed by atoms with Gasteiger partial charge in [0.2, 0.25) is 0 Å². The van der Waals surface area contributed by atoms with E-state index in [2.05, 4.69) is 47.6 Å². The summed E-state index contributed by atoms with van der Waals surface area (Å²) < 4.78 is 16.4. The Bertz CT molecular complexity index is 1010. The second-order valence-electron chi connectivity index (χ2n) is 8.68. The van der Waals surface area contributed by atoms with Crippen LogP contribution in [-0.4, -0.2) is 27.5 Å². The third-order valence-electron chi connectivity index (χ3n) is 6.64. The Hall–Kier alpha value is -2.20. The molecule has 1 fully saturated rings. The summed E-state index contributed by atoms with van der Waals surface area (Å²) in [6.45, 7) is 7.49. The Balaban J connectivity index is 1.36. The highest BCUT2D eigenvalue weighted by Crippen LogP contribution is 2.34. The molecule has 0 bridgehead atoms. The molecule has 3 nitrogen and oxygen atoms in total. The van der Waals surface area contributed by atoms with E-state index in [1.165, 1.54) is 24.0 Å². The van der Waals surface area contributed by atoms with E-state index in [4.69, 9.17) is 4.98 Å². The summed E-state index contributed by atoms with van der Waals surface area (Å²) in [4.78, 5) is 7.38. The summed E-state index contributed by atoms with van der Waals surface area (Å²) in [6.07, 6.45) is 4.39. The van der Waals surface area contributed by atoms with Gasteiger partial charge in [-0.3, -0.25) is 4.90 Å². The quantitative estimate of drug-likeness (QED) is 0.612. The molecule has 3 heterocycles. The van der Waals surface area contributed by atoms with Crippen molar-refractivity contribution in [1.29, 1.82) is 0 Å². The van der Waals surface area contributed by atoms with E-state index >= 15 is 0 Å². The van der Waals surface area contributed by atoms with Gasteiger partial charge in [-0.2, -0.15) is 0 Å². The third-order valence-corrected chi connectivity index (χ3v) is 6.64. The van der Waals surface area contributed by atoms with Gasteiger partial charge in [0.05, 0.1) is 17.6 Å². The van der Waals surface area contributed by atoms with Crippen molar-refractivity contribution in [2.45, 2.75) is 58.0 Å². The molecule has 1 saturated heterocycles. The van der Waals surface area contributed by atoms with Gasteiger partial charge in [-0.25, -0.2) is 9.37 Å². The second-order valence-corrected chi connectivity index (χ2v) is 8.68. The molecule has 0 amide bonds. The molecule has 3 aromatic rings. The second kappa shape index (κ2) is 7.00. The fourth-order valence-electron chi connectivity index (χ4n) is 5.14. The van der Waals surface area contributed by atoms with Crippen molar-refractivity contribution >= 4 is 11.0 Å². The van der Waals surface area contributed by atoms with E-state index in [0.29, 0.717) is 12.0 Å². The van der Waals surface area contributed by atoms with Crippen LogP contribution in [0.3, 0.4) is 0 Å². The lowest BCUT2D eigenvalue weighted by molar-refractivity contribution is 0.196. The minimum atomic E-state index is -0.160. The van der Waals surface area contributed by atoms with E-state index in [1.807, 2.05) is 0 Å². The number of hydrogen-bond acceptors (Lipinski definition) is 2. The lowest BCUT2D eigenvalue weighted by Crippen LogP contribution is -2.33. The van der Waals surface area contributed by atoms with Crippen LogP contribution in [-0.2, 0) is 13.0 Å². The predicted octanol–water partition coefficient (Wildman–Crippen LogP) is 5.37.